The molecule has 2 aromatic carbocycles. The molecule has 20 heavy (non-hydrogen) atoms. The Morgan fingerprint density at radius 1 is 1.20 bits per heavy atom. The number of nitrogens with zero attached hydrogens (tertiary/aromatic N) is 1. The van der Waals surface area contributed by atoms with Gasteiger partial charge in [-0.1, -0.05) is 31.2 Å². The summed E-state index contributed by atoms with van der Waals surface area (Å²) in [5.74, 6) is -0.0641. The Balaban J connectivity index is 2.41. The van der Waals surface area contributed by atoms with Gasteiger partial charge >= 0.3 is 0 Å². The van der Waals surface area contributed by atoms with Crippen molar-refractivity contribution >= 4 is 0 Å². The van der Waals surface area contributed by atoms with E-state index in [0.717, 1.165) is 0 Å². The first kappa shape index (κ1) is 14.0. The fraction of sp³-hybridized carbons (Fsp3) is 0.188. The second-order valence-electron chi connectivity index (χ2n) is 4.29. The van der Waals surface area contributed by atoms with Crippen molar-refractivity contribution in [3.63, 3.8) is 0 Å². The third-order valence-electron chi connectivity index (χ3n) is 2.97. The Hall–Kier alpha value is -2.38. The zero-order chi connectivity index (χ0) is 14.5. The highest BCUT2D eigenvalue weighted by Crippen LogP contribution is 2.32. The molecule has 0 radical (unpaired) electrons. The summed E-state index contributed by atoms with van der Waals surface area (Å²) in [6.45, 7) is 1.85. The molecule has 0 aliphatic rings. The maximum atomic E-state index is 13.5. The molecule has 0 fully saturated rings. The summed E-state index contributed by atoms with van der Waals surface area (Å²) in [5.41, 5.74) is 0.469. The fourth-order valence-electron chi connectivity index (χ4n) is 1.89. The lowest BCUT2D eigenvalue weighted by molar-refractivity contribution is 0.170. The van der Waals surface area contributed by atoms with Gasteiger partial charge in [0.2, 0.25) is 0 Å². The average molecular weight is 271 g/mol. The summed E-state index contributed by atoms with van der Waals surface area (Å²) in [4.78, 5) is 0. The van der Waals surface area contributed by atoms with Crippen molar-refractivity contribution < 1.29 is 14.2 Å². The Kier molecular flexibility index (Phi) is 4.34. The average Bonchev–Trinajstić information content (AvgIpc) is 2.47. The highest BCUT2D eigenvalue weighted by atomic mass is 19.1. The van der Waals surface area contributed by atoms with Crippen LogP contribution in [0, 0.1) is 17.1 Å². The summed E-state index contributed by atoms with van der Waals surface area (Å²) >= 11 is 0. The van der Waals surface area contributed by atoms with Crippen molar-refractivity contribution in [3.05, 3.63) is 59.4 Å². The largest absolute Gasteiger partial charge is 0.455 e. The van der Waals surface area contributed by atoms with E-state index in [1.165, 1.54) is 18.2 Å². The van der Waals surface area contributed by atoms with Crippen LogP contribution in [0.15, 0.2) is 42.5 Å². The summed E-state index contributed by atoms with van der Waals surface area (Å²) in [6, 6.07) is 13.0. The molecule has 0 aliphatic carbocycles. The first-order valence-electron chi connectivity index (χ1n) is 6.30. The van der Waals surface area contributed by atoms with Gasteiger partial charge in [0.1, 0.15) is 28.9 Å². The third-order valence-corrected chi connectivity index (χ3v) is 2.97. The van der Waals surface area contributed by atoms with Crippen LogP contribution in [0.1, 0.15) is 30.6 Å². The molecule has 0 heterocycles. The number of rotatable bonds is 4. The molecule has 0 aromatic heterocycles. The number of halogens is 1. The van der Waals surface area contributed by atoms with E-state index in [2.05, 4.69) is 0 Å². The van der Waals surface area contributed by atoms with Crippen LogP contribution < -0.4 is 4.74 Å². The second kappa shape index (κ2) is 6.18. The van der Waals surface area contributed by atoms with Gasteiger partial charge in [0.15, 0.2) is 0 Å². The first-order valence-corrected chi connectivity index (χ1v) is 6.30. The molecule has 2 rings (SSSR count). The molecule has 0 spiro atoms. The molecule has 0 bridgehead atoms. The van der Waals surface area contributed by atoms with Crippen LogP contribution in [0.2, 0.25) is 0 Å². The fourth-order valence-corrected chi connectivity index (χ4v) is 1.89. The van der Waals surface area contributed by atoms with Gasteiger partial charge in [0, 0.05) is 5.56 Å². The predicted octanol–water partition coefficient (Wildman–Crippen LogP) is 3.93. The summed E-state index contributed by atoms with van der Waals surface area (Å²) in [5, 5.41) is 18.9. The van der Waals surface area contributed by atoms with E-state index in [1.807, 2.05) is 6.92 Å². The summed E-state index contributed by atoms with van der Waals surface area (Å²) in [7, 11) is 0. The number of hydrogen-bond acceptors (Lipinski definition) is 3. The van der Waals surface area contributed by atoms with Gasteiger partial charge in [-0.25, -0.2) is 4.39 Å². The summed E-state index contributed by atoms with van der Waals surface area (Å²) in [6.07, 6.45) is -0.125. The van der Waals surface area contributed by atoms with Crippen molar-refractivity contribution in [2.45, 2.75) is 19.4 Å². The minimum Gasteiger partial charge on any atom is -0.455 e. The Bertz CT molecular complexity index is 649. The van der Waals surface area contributed by atoms with Crippen LogP contribution in [0.25, 0.3) is 0 Å². The molecule has 1 N–H and O–H groups in total. The molecule has 0 saturated carbocycles. The minimum atomic E-state index is -0.662. The molecular weight excluding hydrogens is 257 g/mol. The van der Waals surface area contributed by atoms with Crippen LogP contribution in [0.3, 0.4) is 0 Å². The number of aliphatic hydroxyl groups is 1. The van der Waals surface area contributed by atoms with Gasteiger partial charge in [-0.05, 0) is 24.6 Å². The van der Waals surface area contributed by atoms with Gasteiger partial charge in [-0.15, -0.1) is 0 Å². The Labute approximate surface area is 116 Å². The van der Waals surface area contributed by atoms with Crippen LogP contribution >= 0.6 is 0 Å². The molecular formula is C16H14FNO2. The highest BCUT2D eigenvalue weighted by molar-refractivity contribution is 5.47. The van der Waals surface area contributed by atoms with Crippen molar-refractivity contribution in [1.29, 1.82) is 5.26 Å². The van der Waals surface area contributed by atoms with E-state index in [-0.39, 0.29) is 11.3 Å². The van der Waals surface area contributed by atoms with Crippen LogP contribution in [0.5, 0.6) is 11.5 Å². The van der Waals surface area contributed by atoms with Gasteiger partial charge in [0.25, 0.3) is 0 Å². The molecule has 0 saturated heterocycles. The van der Waals surface area contributed by atoms with Gasteiger partial charge in [0.05, 0.1) is 6.10 Å². The molecule has 4 heteroatoms. The number of para-hydroxylation sites is 1. The second-order valence-corrected chi connectivity index (χ2v) is 4.29. The monoisotopic (exact) mass is 271 g/mol. The SMILES string of the molecule is CC[C@H](O)c1ccccc1Oc1cccc(F)c1C#N. The van der Waals surface area contributed by atoms with Crippen LogP contribution in [-0.4, -0.2) is 5.11 Å². The zero-order valence-corrected chi connectivity index (χ0v) is 11.0. The van der Waals surface area contributed by atoms with E-state index in [4.69, 9.17) is 10.00 Å². The molecule has 0 amide bonds. The first-order chi connectivity index (χ1) is 9.67. The van der Waals surface area contributed by atoms with E-state index in [9.17, 15) is 9.50 Å². The van der Waals surface area contributed by atoms with Crippen molar-refractivity contribution in [2.75, 3.05) is 0 Å². The zero-order valence-electron chi connectivity index (χ0n) is 11.0. The van der Waals surface area contributed by atoms with Crippen molar-refractivity contribution in [2.24, 2.45) is 0 Å². The number of nitriles is 1. The maximum Gasteiger partial charge on any atom is 0.148 e. The molecule has 1 atom stereocenters. The minimum absolute atomic E-state index is 0.142. The molecule has 102 valence electrons. The van der Waals surface area contributed by atoms with E-state index < -0.39 is 11.9 Å². The number of benzene rings is 2. The topological polar surface area (TPSA) is 53.2 Å². The van der Waals surface area contributed by atoms with E-state index >= 15 is 0 Å². The Morgan fingerprint density at radius 2 is 1.90 bits per heavy atom. The van der Waals surface area contributed by atoms with Crippen molar-refractivity contribution in [3.8, 4) is 17.6 Å². The number of aliphatic hydroxyl groups excluding tert-OH is 1. The molecule has 0 aliphatic heterocycles. The molecule has 3 nitrogen and oxygen atoms in total. The molecule has 2 aromatic rings. The number of ether oxygens (including phenoxy) is 1. The van der Waals surface area contributed by atoms with Crippen LogP contribution in [0.4, 0.5) is 4.39 Å². The van der Waals surface area contributed by atoms with E-state index in [1.54, 1.807) is 30.3 Å². The normalized spacial score (nSPS) is 11.7. The lowest BCUT2D eigenvalue weighted by atomic mass is 10.1. The Morgan fingerprint density at radius 3 is 2.60 bits per heavy atom. The van der Waals surface area contributed by atoms with Gasteiger partial charge in [-0.3, -0.25) is 0 Å². The van der Waals surface area contributed by atoms with Gasteiger partial charge in [-0.2, -0.15) is 5.26 Å². The molecule has 0 unspecified atom stereocenters. The maximum absolute atomic E-state index is 13.5. The van der Waals surface area contributed by atoms with Crippen molar-refractivity contribution in [1.82, 2.24) is 0 Å². The lowest BCUT2D eigenvalue weighted by Crippen LogP contribution is -2.00. The quantitative estimate of drug-likeness (QED) is 0.916. The lowest BCUT2D eigenvalue weighted by Gasteiger charge is -2.15. The third kappa shape index (κ3) is 2.79. The summed E-state index contributed by atoms with van der Waals surface area (Å²) < 4.78 is 19.1. The van der Waals surface area contributed by atoms with Crippen LogP contribution in [-0.2, 0) is 0 Å². The highest BCUT2D eigenvalue weighted by Gasteiger charge is 2.15. The standard InChI is InChI=1S/C16H14FNO2/c1-2-14(19)11-6-3-4-8-15(11)20-16-9-5-7-13(17)12(16)10-18/h3-9,14,19H,2H2,1H3/t14-/m0/s1. The smallest absolute Gasteiger partial charge is 0.148 e. The predicted molar refractivity (Wildman–Crippen MR) is 72.9 cm³/mol. The number of hydrogen-bond donors (Lipinski definition) is 1. The van der Waals surface area contributed by atoms with E-state index in [0.29, 0.717) is 17.7 Å². The van der Waals surface area contributed by atoms with Gasteiger partial charge < -0.3 is 9.84 Å².